The number of fused-ring (bicyclic) bond motifs is 2. The summed E-state index contributed by atoms with van der Waals surface area (Å²) in [5.74, 6) is 1.99. The van der Waals surface area contributed by atoms with Crippen LogP contribution >= 0.6 is 11.3 Å². The Morgan fingerprint density at radius 3 is 2.54 bits per heavy atom. The lowest BCUT2D eigenvalue weighted by Gasteiger charge is -2.37. The standard InChI is InChI=1S/C26H26N2O6S/c1-15(29)17-10-22-23(34-14-33-22)12-19(17)27-25(30)13-28-7-6-16-9-20(31-2)21(32-3)11-18(16)26(28)24-5-4-8-35-24/h4-5,8-12,26H,6-7,13-14H2,1-3H3,(H,27,30)/t26-/m0/s1. The molecule has 182 valence electrons. The van der Waals surface area contributed by atoms with Crippen molar-refractivity contribution in [2.24, 2.45) is 0 Å². The lowest BCUT2D eigenvalue weighted by atomic mass is 9.91. The van der Waals surface area contributed by atoms with E-state index in [0.29, 0.717) is 40.8 Å². The predicted octanol–water partition coefficient (Wildman–Crippen LogP) is 4.28. The van der Waals surface area contributed by atoms with E-state index in [1.165, 1.54) is 12.5 Å². The van der Waals surface area contributed by atoms with Crippen LogP contribution in [0, 0.1) is 0 Å². The topological polar surface area (TPSA) is 86.3 Å². The highest BCUT2D eigenvalue weighted by Crippen LogP contribution is 2.42. The van der Waals surface area contributed by atoms with E-state index in [1.807, 2.05) is 23.6 Å². The van der Waals surface area contributed by atoms with Crippen molar-refractivity contribution in [1.29, 1.82) is 0 Å². The zero-order valence-corrected chi connectivity index (χ0v) is 20.6. The van der Waals surface area contributed by atoms with Crippen molar-refractivity contribution >= 4 is 28.7 Å². The number of thiophene rings is 1. The Balaban J connectivity index is 1.43. The Bertz CT molecular complexity index is 1270. The molecule has 1 amide bonds. The first-order chi connectivity index (χ1) is 17.0. The SMILES string of the molecule is COc1cc2c(cc1OC)[C@@H](c1cccs1)N(CC(=O)Nc1cc3c(cc1C(C)=O)OCO3)CC2. The molecule has 1 atom stereocenters. The van der Waals surface area contributed by atoms with Crippen LogP contribution in [0.25, 0.3) is 0 Å². The van der Waals surface area contributed by atoms with E-state index < -0.39 is 0 Å². The average Bonchev–Trinajstić information content (AvgIpc) is 3.54. The van der Waals surface area contributed by atoms with Crippen molar-refractivity contribution in [2.75, 3.05) is 39.4 Å². The summed E-state index contributed by atoms with van der Waals surface area (Å²) in [6.07, 6.45) is 0.771. The highest BCUT2D eigenvalue weighted by Gasteiger charge is 2.32. The third kappa shape index (κ3) is 4.44. The molecule has 0 saturated heterocycles. The minimum Gasteiger partial charge on any atom is -0.493 e. The zero-order chi connectivity index (χ0) is 24.5. The molecule has 0 bridgehead atoms. The third-order valence-electron chi connectivity index (χ3n) is 6.30. The van der Waals surface area contributed by atoms with E-state index in [-0.39, 0.29) is 31.1 Å². The molecule has 0 unspecified atom stereocenters. The molecule has 9 heteroatoms. The van der Waals surface area contributed by atoms with Gasteiger partial charge in [-0.05, 0) is 54.1 Å². The fourth-order valence-electron chi connectivity index (χ4n) is 4.66. The van der Waals surface area contributed by atoms with Crippen molar-refractivity contribution in [3.05, 3.63) is 63.3 Å². The smallest absolute Gasteiger partial charge is 0.238 e. The highest BCUT2D eigenvalue weighted by molar-refractivity contribution is 7.10. The van der Waals surface area contributed by atoms with E-state index in [2.05, 4.69) is 16.3 Å². The largest absolute Gasteiger partial charge is 0.493 e. The second-order valence-corrected chi connectivity index (χ2v) is 9.38. The summed E-state index contributed by atoms with van der Waals surface area (Å²) >= 11 is 1.65. The second-order valence-electron chi connectivity index (χ2n) is 8.40. The Labute approximate surface area is 207 Å². The van der Waals surface area contributed by atoms with Crippen molar-refractivity contribution in [3.8, 4) is 23.0 Å². The number of amides is 1. The highest BCUT2D eigenvalue weighted by atomic mass is 32.1. The molecule has 3 aromatic rings. The fourth-order valence-corrected chi connectivity index (χ4v) is 5.54. The van der Waals surface area contributed by atoms with Crippen molar-refractivity contribution < 1.29 is 28.5 Å². The van der Waals surface area contributed by atoms with Crippen LogP contribution in [0.1, 0.15) is 39.3 Å². The number of Topliss-reactive ketones (excluding diaryl/α,β-unsaturated/α-hetero) is 1. The molecule has 0 spiro atoms. The lowest BCUT2D eigenvalue weighted by molar-refractivity contribution is -0.117. The van der Waals surface area contributed by atoms with E-state index in [1.54, 1.807) is 37.7 Å². The molecule has 0 fully saturated rings. The van der Waals surface area contributed by atoms with Gasteiger partial charge in [0.05, 0.1) is 32.5 Å². The Morgan fingerprint density at radius 2 is 1.86 bits per heavy atom. The van der Waals surface area contributed by atoms with Gasteiger partial charge in [0.1, 0.15) is 0 Å². The summed E-state index contributed by atoms with van der Waals surface area (Å²) in [4.78, 5) is 28.7. The van der Waals surface area contributed by atoms with Gasteiger partial charge in [-0.1, -0.05) is 6.07 Å². The van der Waals surface area contributed by atoms with Crippen molar-refractivity contribution in [1.82, 2.24) is 4.90 Å². The van der Waals surface area contributed by atoms with Crippen LogP contribution in [0.4, 0.5) is 5.69 Å². The molecule has 0 radical (unpaired) electrons. The average molecular weight is 495 g/mol. The molecule has 2 aromatic carbocycles. The summed E-state index contributed by atoms with van der Waals surface area (Å²) in [5.41, 5.74) is 3.07. The maximum atomic E-state index is 13.2. The number of nitrogens with zero attached hydrogens (tertiary/aromatic N) is 1. The second kappa shape index (κ2) is 9.59. The van der Waals surface area contributed by atoms with Crippen LogP contribution in [-0.2, 0) is 11.2 Å². The molecule has 5 rings (SSSR count). The molecular weight excluding hydrogens is 468 g/mol. The van der Waals surface area contributed by atoms with Gasteiger partial charge < -0.3 is 24.3 Å². The van der Waals surface area contributed by atoms with Crippen LogP contribution < -0.4 is 24.3 Å². The first-order valence-electron chi connectivity index (χ1n) is 11.2. The number of benzene rings is 2. The maximum Gasteiger partial charge on any atom is 0.238 e. The fraction of sp³-hybridized carbons (Fsp3) is 0.308. The number of rotatable bonds is 7. The monoisotopic (exact) mass is 494 g/mol. The van der Waals surface area contributed by atoms with Crippen LogP contribution in [0.5, 0.6) is 23.0 Å². The van der Waals surface area contributed by atoms with E-state index in [0.717, 1.165) is 16.9 Å². The van der Waals surface area contributed by atoms with Crippen LogP contribution in [0.15, 0.2) is 41.8 Å². The van der Waals surface area contributed by atoms with Gasteiger partial charge >= 0.3 is 0 Å². The summed E-state index contributed by atoms with van der Waals surface area (Å²) in [6, 6.07) is 11.3. The number of nitrogens with one attached hydrogen (secondary N) is 1. The zero-order valence-electron chi connectivity index (χ0n) is 19.8. The van der Waals surface area contributed by atoms with Gasteiger partial charge in [-0.3, -0.25) is 14.5 Å². The molecule has 0 saturated carbocycles. The Hall–Kier alpha value is -3.56. The maximum absolute atomic E-state index is 13.2. The number of anilines is 1. The summed E-state index contributed by atoms with van der Waals surface area (Å²) in [5, 5.41) is 4.96. The molecule has 35 heavy (non-hydrogen) atoms. The van der Waals surface area contributed by atoms with E-state index >= 15 is 0 Å². The van der Waals surface area contributed by atoms with Crippen LogP contribution in [0.2, 0.25) is 0 Å². The Kier molecular flexibility index (Phi) is 6.36. The van der Waals surface area contributed by atoms with Gasteiger partial charge in [0.2, 0.25) is 12.7 Å². The molecule has 2 aliphatic rings. The number of carbonyl (C=O) groups is 2. The Morgan fingerprint density at radius 1 is 1.11 bits per heavy atom. The minimum atomic E-state index is -0.211. The molecule has 3 heterocycles. The van der Waals surface area contributed by atoms with Crippen molar-refractivity contribution in [2.45, 2.75) is 19.4 Å². The van der Waals surface area contributed by atoms with Gasteiger partial charge in [-0.2, -0.15) is 0 Å². The van der Waals surface area contributed by atoms with Gasteiger partial charge in [0.25, 0.3) is 0 Å². The minimum absolute atomic E-state index is 0.0913. The first kappa shape index (κ1) is 23.2. The number of ketones is 1. The van der Waals surface area contributed by atoms with E-state index in [4.69, 9.17) is 18.9 Å². The summed E-state index contributed by atoms with van der Waals surface area (Å²) in [7, 11) is 3.25. The number of carbonyl (C=O) groups excluding carboxylic acids is 2. The quantitative estimate of drug-likeness (QED) is 0.491. The molecule has 8 nitrogen and oxygen atoms in total. The molecule has 1 aromatic heterocycles. The first-order valence-corrected chi connectivity index (χ1v) is 12.1. The van der Waals surface area contributed by atoms with Gasteiger partial charge in [-0.15, -0.1) is 11.3 Å². The number of methoxy groups -OCH3 is 2. The summed E-state index contributed by atoms with van der Waals surface area (Å²) in [6.45, 7) is 2.40. The van der Waals surface area contributed by atoms with Gasteiger partial charge in [-0.25, -0.2) is 0 Å². The molecular formula is C26H26N2O6S. The predicted molar refractivity (Wildman–Crippen MR) is 132 cm³/mol. The van der Waals surface area contributed by atoms with E-state index in [9.17, 15) is 9.59 Å². The number of hydrogen-bond donors (Lipinski definition) is 1. The number of ether oxygens (including phenoxy) is 4. The van der Waals surface area contributed by atoms with Crippen LogP contribution in [-0.4, -0.2) is 50.7 Å². The lowest BCUT2D eigenvalue weighted by Crippen LogP contribution is -2.41. The van der Waals surface area contributed by atoms with Gasteiger partial charge in [0.15, 0.2) is 28.8 Å². The third-order valence-corrected chi connectivity index (χ3v) is 7.22. The molecule has 0 aliphatic carbocycles. The van der Waals surface area contributed by atoms with Gasteiger partial charge in [0, 0.05) is 23.1 Å². The molecule has 1 N–H and O–H groups in total. The normalized spacial score (nSPS) is 16.5. The van der Waals surface area contributed by atoms with Crippen molar-refractivity contribution in [3.63, 3.8) is 0 Å². The summed E-state index contributed by atoms with van der Waals surface area (Å²) < 4.78 is 21.9. The number of hydrogen-bond acceptors (Lipinski definition) is 8. The molecule has 2 aliphatic heterocycles. The van der Waals surface area contributed by atoms with Crippen LogP contribution in [0.3, 0.4) is 0 Å².